The van der Waals surface area contributed by atoms with Crippen LogP contribution in [-0.2, 0) is 26.6 Å². The van der Waals surface area contributed by atoms with Crippen molar-refractivity contribution in [1.29, 1.82) is 0 Å². The van der Waals surface area contributed by atoms with Gasteiger partial charge in [-0.15, -0.1) is 0 Å². The number of carbonyl (C=O) groups is 3. The van der Waals surface area contributed by atoms with E-state index >= 15 is 0 Å². The summed E-state index contributed by atoms with van der Waals surface area (Å²) in [6, 6.07) is 0.505. The molecule has 2 heterocycles. The Labute approximate surface area is 132 Å². The lowest BCUT2D eigenvalue weighted by molar-refractivity contribution is -0.136. The van der Waals surface area contributed by atoms with Crippen molar-refractivity contribution in [3.8, 4) is 0 Å². The number of aromatic nitrogens is 1. The zero-order chi connectivity index (χ0) is 17.4. The standard InChI is InChI=1S/C12H16N4O6S/c1-7(10(17)16-4-3-14-12(16)19)22-11(18)9-5-8(6-15(9)2)23(13,20)21/h5-7H,3-4H2,1-2H3,(H,14,19)(H2,13,20,21)/t7-/m0/s1. The summed E-state index contributed by atoms with van der Waals surface area (Å²) in [6.45, 7) is 1.86. The van der Waals surface area contributed by atoms with Gasteiger partial charge in [-0.25, -0.2) is 23.1 Å². The third-order valence-electron chi connectivity index (χ3n) is 3.27. The molecule has 1 aliphatic heterocycles. The molecule has 10 nitrogen and oxygen atoms in total. The van der Waals surface area contributed by atoms with Crippen molar-refractivity contribution in [2.75, 3.05) is 13.1 Å². The Kier molecular flexibility index (Phi) is 4.43. The number of hydrogen-bond donors (Lipinski definition) is 2. The third-order valence-corrected chi connectivity index (χ3v) is 4.15. The number of carbonyl (C=O) groups excluding carboxylic acids is 3. The molecule has 0 spiro atoms. The lowest BCUT2D eigenvalue weighted by atomic mass is 10.3. The summed E-state index contributed by atoms with van der Waals surface area (Å²) in [5.41, 5.74) is -0.0838. The monoisotopic (exact) mass is 344 g/mol. The Hall–Kier alpha value is -2.40. The van der Waals surface area contributed by atoms with Gasteiger partial charge in [0.15, 0.2) is 6.10 Å². The van der Waals surface area contributed by atoms with Crippen molar-refractivity contribution in [2.24, 2.45) is 12.2 Å². The minimum absolute atomic E-state index is 0.0838. The number of sulfonamides is 1. The molecule has 1 atom stereocenters. The SMILES string of the molecule is C[C@H](OC(=O)c1cc(S(N)(=O)=O)cn1C)C(=O)N1CCNC1=O. The van der Waals surface area contributed by atoms with Crippen LogP contribution in [-0.4, -0.2) is 55.0 Å². The van der Waals surface area contributed by atoms with Gasteiger partial charge in [-0.2, -0.15) is 0 Å². The molecule has 23 heavy (non-hydrogen) atoms. The van der Waals surface area contributed by atoms with Crippen LogP contribution in [0.25, 0.3) is 0 Å². The quantitative estimate of drug-likeness (QED) is 0.655. The van der Waals surface area contributed by atoms with Crippen LogP contribution in [0, 0.1) is 0 Å². The Bertz CT molecular complexity index is 769. The summed E-state index contributed by atoms with van der Waals surface area (Å²) in [6.07, 6.45) is -0.0361. The summed E-state index contributed by atoms with van der Waals surface area (Å²) in [7, 11) is -2.52. The first-order chi connectivity index (χ1) is 10.6. The highest BCUT2D eigenvalue weighted by Crippen LogP contribution is 2.14. The highest BCUT2D eigenvalue weighted by molar-refractivity contribution is 7.89. The molecular formula is C12H16N4O6S. The fourth-order valence-electron chi connectivity index (χ4n) is 2.07. The van der Waals surface area contributed by atoms with Gasteiger partial charge >= 0.3 is 12.0 Å². The van der Waals surface area contributed by atoms with Crippen molar-refractivity contribution in [2.45, 2.75) is 17.9 Å². The number of ether oxygens (including phenoxy) is 1. The maximum Gasteiger partial charge on any atom is 0.355 e. The van der Waals surface area contributed by atoms with E-state index in [0.29, 0.717) is 6.54 Å². The zero-order valence-corrected chi connectivity index (χ0v) is 13.3. The van der Waals surface area contributed by atoms with Gasteiger partial charge in [-0.05, 0) is 13.0 Å². The van der Waals surface area contributed by atoms with Crippen molar-refractivity contribution in [3.63, 3.8) is 0 Å². The van der Waals surface area contributed by atoms with Crippen LogP contribution in [0.15, 0.2) is 17.2 Å². The molecule has 1 fully saturated rings. The van der Waals surface area contributed by atoms with Crippen LogP contribution < -0.4 is 10.5 Å². The summed E-state index contributed by atoms with van der Waals surface area (Å²) < 4.78 is 28.8. The number of primary sulfonamides is 1. The molecule has 3 amide bonds. The molecule has 2 rings (SSSR count). The summed E-state index contributed by atoms with van der Waals surface area (Å²) in [5, 5.41) is 7.45. The van der Waals surface area contributed by atoms with E-state index in [0.717, 1.165) is 17.2 Å². The molecule has 1 aromatic heterocycles. The van der Waals surface area contributed by atoms with Crippen molar-refractivity contribution < 1.29 is 27.5 Å². The molecule has 0 aliphatic carbocycles. The Balaban J connectivity index is 2.11. The van der Waals surface area contributed by atoms with Crippen LogP contribution in [0.2, 0.25) is 0 Å². The molecule has 11 heteroatoms. The first-order valence-corrected chi connectivity index (χ1v) is 8.15. The predicted molar refractivity (Wildman–Crippen MR) is 76.8 cm³/mol. The van der Waals surface area contributed by atoms with Crippen LogP contribution in [0.4, 0.5) is 4.79 Å². The number of nitrogens with one attached hydrogen (secondary N) is 1. The second-order valence-electron chi connectivity index (χ2n) is 4.99. The second kappa shape index (κ2) is 6.01. The van der Waals surface area contributed by atoms with Crippen LogP contribution in [0.1, 0.15) is 17.4 Å². The molecule has 1 aromatic rings. The number of aryl methyl sites for hydroxylation is 1. The van der Waals surface area contributed by atoms with Crippen LogP contribution >= 0.6 is 0 Å². The van der Waals surface area contributed by atoms with Crippen LogP contribution in [0.3, 0.4) is 0 Å². The van der Waals surface area contributed by atoms with Gasteiger partial charge in [-0.3, -0.25) is 9.69 Å². The highest BCUT2D eigenvalue weighted by atomic mass is 32.2. The predicted octanol–water partition coefficient (Wildman–Crippen LogP) is -1.23. The molecular weight excluding hydrogens is 328 g/mol. The molecule has 126 valence electrons. The normalized spacial score (nSPS) is 16.1. The fraction of sp³-hybridized carbons (Fsp3) is 0.417. The number of esters is 1. The Morgan fingerprint density at radius 3 is 2.57 bits per heavy atom. The average molecular weight is 344 g/mol. The molecule has 1 aliphatic rings. The Morgan fingerprint density at radius 1 is 1.43 bits per heavy atom. The second-order valence-corrected chi connectivity index (χ2v) is 6.55. The molecule has 0 aromatic carbocycles. The number of rotatable bonds is 4. The van der Waals surface area contributed by atoms with Gasteiger partial charge in [-0.1, -0.05) is 0 Å². The smallest absolute Gasteiger partial charge is 0.355 e. The van der Waals surface area contributed by atoms with Gasteiger partial charge in [0.2, 0.25) is 10.0 Å². The molecule has 1 saturated heterocycles. The minimum atomic E-state index is -3.96. The van der Waals surface area contributed by atoms with Gasteiger partial charge in [0.25, 0.3) is 5.91 Å². The van der Waals surface area contributed by atoms with Crippen molar-refractivity contribution in [3.05, 3.63) is 18.0 Å². The van der Waals surface area contributed by atoms with E-state index < -0.39 is 34.0 Å². The van der Waals surface area contributed by atoms with Gasteiger partial charge < -0.3 is 14.6 Å². The van der Waals surface area contributed by atoms with Crippen molar-refractivity contribution >= 4 is 27.9 Å². The fourth-order valence-corrected chi connectivity index (χ4v) is 2.65. The van der Waals surface area contributed by atoms with Crippen molar-refractivity contribution in [1.82, 2.24) is 14.8 Å². The number of urea groups is 1. The lowest BCUT2D eigenvalue weighted by Crippen LogP contribution is -2.41. The lowest BCUT2D eigenvalue weighted by Gasteiger charge is -2.18. The van der Waals surface area contributed by atoms with Gasteiger partial charge in [0.05, 0.1) is 0 Å². The number of amides is 3. The first-order valence-electron chi connectivity index (χ1n) is 6.60. The third kappa shape index (κ3) is 3.51. The number of hydrogen-bond acceptors (Lipinski definition) is 6. The average Bonchev–Trinajstić information content (AvgIpc) is 3.03. The van der Waals surface area contributed by atoms with E-state index in [2.05, 4.69) is 5.32 Å². The Morgan fingerprint density at radius 2 is 2.09 bits per heavy atom. The topological polar surface area (TPSA) is 141 Å². The van der Waals surface area contributed by atoms with E-state index in [-0.39, 0.29) is 17.1 Å². The highest BCUT2D eigenvalue weighted by Gasteiger charge is 2.32. The molecule has 0 radical (unpaired) electrons. The van der Waals surface area contributed by atoms with Gasteiger partial charge in [0, 0.05) is 26.3 Å². The van der Waals surface area contributed by atoms with E-state index in [1.54, 1.807) is 0 Å². The summed E-state index contributed by atoms with van der Waals surface area (Å²) in [5.74, 6) is -1.56. The molecule has 3 N–H and O–H groups in total. The molecule has 0 bridgehead atoms. The van der Waals surface area contributed by atoms with Gasteiger partial charge in [0.1, 0.15) is 10.6 Å². The maximum absolute atomic E-state index is 12.1. The first kappa shape index (κ1) is 17.0. The largest absolute Gasteiger partial charge is 0.448 e. The van der Waals surface area contributed by atoms with E-state index in [9.17, 15) is 22.8 Å². The molecule has 0 unspecified atom stereocenters. The maximum atomic E-state index is 12.1. The van der Waals surface area contributed by atoms with E-state index in [4.69, 9.17) is 9.88 Å². The van der Waals surface area contributed by atoms with E-state index in [1.807, 2.05) is 0 Å². The van der Waals surface area contributed by atoms with E-state index in [1.165, 1.54) is 18.5 Å². The summed E-state index contributed by atoms with van der Waals surface area (Å²) in [4.78, 5) is 36.2. The number of imide groups is 1. The summed E-state index contributed by atoms with van der Waals surface area (Å²) >= 11 is 0. The van der Waals surface area contributed by atoms with Crippen LogP contribution in [0.5, 0.6) is 0 Å². The molecule has 0 saturated carbocycles. The zero-order valence-electron chi connectivity index (χ0n) is 12.5. The number of nitrogens with two attached hydrogens (primary N) is 1. The number of nitrogens with zero attached hydrogens (tertiary/aromatic N) is 2. The minimum Gasteiger partial charge on any atom is -0.448 e.